The molecule has 0 spiro atoms. The van der Waals surface area contributed by atoms with Gasteiger partial charge in [0.1, 0.15) is 10.9 Å². The van der Waals surface area contributed by atoms with Gasteiger partial charge < -0.3 is 14.5 Å². The number of carbonyl (C=O) groups excluding carboxylic acids is 1. The summed E-state index contributed by atoms with van der Waals surface area (Å²) in [5.41, 5.74) is 2.77. The fraction of sp³-hybridized carbons (Fsp3) is 0.421. The van der Waals surface area contributed by atoms with E-state index in [2.05, 4.69) is 28.9 Å². The third-order valence-corrected chi connectivity index (χ3v) is 5.97. The molecule has 0 radical (unpaired) electrons. The Hall–Kier alpha value is -2.43. The number of nitrogens with zero attached hydrogens (tertiary/aromatic N) is 4. The molecular weight excluding hydrogens is 348 g/mol. The summed E-state index contributed by atoms with van der Waals surface area (Å²) in [6.07, 6.45) is 0.158. The first-order valence-electron chi connectivity index (χ1n) is 8.79. The van der Waals surface area contributed by atoms with Gasteiger partial charge in [-0.25, -0.2) is 4.98 Å². The second kappa shape index (κ2) is 7.06. The highest BCUT2D eigenvalue weighted by Crippen LogP contribution is 2.36. The number of hydrogen-bond donors (Lipinski definition) is 0. The molecule has 1 unspecified atom stereocenters. The summed E-state index contributed by atoms with van der Waals surface area (Å²) in [5.74, 6) is 0.321. The van der Waals surface area contributed by atoms with E-state index in [1.807, 2.05) is 23.1 Å². The fourth-order valence-electron chi connectivity index (χ4n) is 3.53. The molecular formula is C19H20N4O2S. The van der Waals surface area contributed by atoms with Crippen LogP contribution in [-0.4, -0.2) is 43.7 Å². The summed E-state index contributed by atoms with van der Waals surface area (Å²) in [6.45, 7) is 5.68. The molecule has 1 saturated heterocycles. The zero-order chi connectivity index (χ0) is 18.1. The second-order valence-corrected chi connectivity index (χ2v) is 7.60. The van der Waals surface area contributed by atoms with Crippen LogP contribution in [0.4, 0.5) is 10.8 Å². The molecule has 7 heteroatoms. The summed E-state index contributed by atoms with van der Waals surface area (Å²) < 4.78 is 5.37. The number of hydrogen-bond acceptors (Lipinski definition) is 6. The number of thiazole rings is 1. The van der Waals surface area contributed by atoms with Crippen molar-refractivity contribution in [1.82, 2.24) is 4.98 Å². The molecule has 2 aromatic rings. The molecule has 2 aliphatic heterocycles. The van der Waals surface area contributed by atoms with Gasteiger partial charge in [0.15, 0.2) is 5.13 Å². The molecule has 1 amide bonds. The lowest BCUT2D eigenvalue weighted by Gasteiger charge is -2.26. The molecule has 6 nitrogen and oxygen atoms in total. The van der Waals surface area contributed by atoms with Crippen molar-refractivity contribution in [1.29, 1.82) is 5.26 Å². The van der Waals surface area contributed by atoms with Crippen LogP contribution in [0.5, 0.6) is 0 Å². The summed E-state index contributed by atoms with van der Waals surface area (Å²) in [4.78, 5) is 22.0. The highest BCUT2D eigenvalue weighted by Gasteiger charge is 2.30. The topological polar surface area (TPSA) is 69.5 Å². The summed E-state index contributed by atoms with van der Waals surface area (Å²) in [7, 11) is 0. The Morgan fingerprint density at radius 2 is 2.15 bits per heavy atom. The van der Waals surface area contributed by atoms with Crippen molar-refractivity contribution in [2.45, 2.75) is 19.3 Å². The number of morpholine rings is 1. The number of anilines is 2. The van der Waals surface area contributed by atoms with Crippen LogP contribution >= 0.6 is 11.3 Å². The normalized spacial score (nSPS) is 19.3. The van der Waals surface area contributed by atoms with E-state index in [0.717, 1.165) is 23.9 Å². The van der Waals surface area contributed by atoms with Gasteiger partial charge in [-0.3, -0.25) is 4.79 Å². The van der Waals surface area contributed by atoms with Gasteiger partial charge in [-0.2, -0.15) is 5.26 Å². The number of ether oxygens (including phenoxy) is 1. The van der Waals surface area contributed by atoms with Gasteiger partial charge >= 0.3 is 0 Å². The minimum atomic E-state index is -0.00266. The maximum Gasteiger partial charge on any atom is 0.233 e. The molecule has 1 aromatic heterocycles. The number of benzene rings is 1. The van der Waals surface area contributed by atoms with E-state index in [1.165, 1.54) is 16.9 Å². The SMILES string of the molecule is CC1CN(C(=O)Cc2nc(N3CCOCC3)sc2C#N)c2ccccc21. The Labute approximate surface area is 156 Å². The van der Waals surface area contributed by atoms with Crippen LogP contribution in [0.1, 0.15) is 29.0 Å². The highest BCUT2D eigenvalue weighted by atomic mass is 32.1. The Morgan fingerprint density at radius 3 is 2.92 bits per heavy atom. The van der Waals surface area contributed by atoms with Crippen LogP contribution in [0.25, 0.3) is 0 Å². The van der Waals surface area contributed by atoms with E-state index < -0.39 is 0 Å². The minimum absolute atomic E-state index is 0.00266. The second-order valence-electron chi connectivity index (χ2n) is 6.62. The number of fused-ring (bicyclic) bond motifs is 1. The maximum absolute atomic E-state index is 12.9. The largest absolute Gasteiger partial charge is 0.378 e. The van der Waals surface area contributed by atoms with Gasteiger partial charge in [0, 0.05) is 31.2 Å². The van der Waals surface area contributed by atoms with Crippen LogP contribution in [0, 0.1) is 11.3 Å². The molecule has 26 heavy (non-hydrogen) atoms. The molecule has 134 valence electrons. The van der Waals surface area contributed by atoms with Crippen molar-refractivity contribution < 1.29 is 9.53 Å². The number of carbonyl (C=O) groups is 1. The van der Waals surface area contributed by atoms with Crippen molar-refractivity contribution >= 4 is 28.1 Å². The third-order valence-electron chi connectivity index (χ3n) is 4.90. The predicted molar refractivity (Wildman–Crippen MR) is 101 cm³/mol. The van der Waals surface area contributed by atoms with E-state index in [4.69, 9.17) is 4.74 Å². The lowest BCUT2D eigenvalue weighted by Crippen LogP contribution is -2.36. The lowest BCUT2D eigenvalue weighted by atomic mass is 10.0. The van der Waals surface area contributed by atoms with Crippen molar-refractivity contribution in [3.05, 3.63) is 40.4 Å². The van der Waals surface area contributed by atoms with Gasteiger partial charge in [-0.1, -0.05) is 36.5 Å². The standard InChI is InChI=1S/C19H20N4O2S/c1-13-12-23(16-5-3-2-4-14(13)16)18(24)10-15-17(11-20)26-19(21-15)22-6-8-25-9-7-22/h2-5,13H,6-10,12H2,1H3. The molecule has 1 aromatic carbocycles. The van der Waals surface area contributed by atoms with Crippen LogP contribution in [0.3, 0.4) is 0 Å². The van der Waals surface area contributed by atoms with E-state index >= 15 is 0 Å². The Balaban J connectivity index is 1.55. The first-order chi connectivity index (χ1) is 12.7. The Morgan fingerprint density at radius 1 is 1.38 bits per heavy atom. The van der Waals surface area contributed by atoms with Crippen LogP contribution < -0.4 is 9.80 Å². The molecule has 0 bridgehead atoms. The number of aromatic nitrogens is 1. The monoisotopic (exact) mass is 368 g/mol. The molecule has 2 aliphatic rings. The highest BCUT2D eigenvalue weighted by molar-refractivity contribution is 7.16. The van der Waals surface area contributed by atoms with Crippen molar-refractivity contribution in [2.24, 2.45) is 0 Å². The van der Waals surface area contributed by atoms with Crippen molar-refractivity contribution in [3.8, 4) is 6.07 Å². The molecule has 1 fully saturated rings. The van der Waals surface area contributed by atoms with Gasteiger partial charge in [0.05, 0.1) is 25.3 Å². The van der Waals surface area contributed by atoms with E-state index in [0.29, 0.717) is 36.2 Å². The van der Waals surface area contributed by atoms with Gasteiger partial charge in [-0.05, 0) is 11.6 Å². The van der Waals surface area contributed by atoms with Gasteiger partial charge in [-0.15, -0.1) is 0 Å². The lowest BCUT2D eigenvalue weighted by molar-refractivity contribution is -0.118. The quantitative estimate of drug-likeness (QED) is 0.833. The number of amides is 1. The van der Waals surface area contributed by atoms with Crippen molar-refractivity contribution in [2.75, 3.05) is 42.6 Å². The van der Waals surface area contributed by atoms with E-state index in [-0.39, 0.29) is 12.3 Å². The van der Waals surface area contributed by atoms with Crippen LogP contribution in [0.15, 0.2) is 24.3 Å². The minimum Gasteiger partial charge on any atom is -0.378 e. The molecule has 3 heterocycles. The molecule has 1 atom stereocenters. The molecule has 0 saturated carbocycles. The zero-order valence-electron chi connectivity index (χ0n) is 14.6. The van der Waals surface area contributed by atoms with Gasteiger partial charge in [0.25, 0.3) is 0 Å². The Kier molecular flexibility index (Phi) is 4.62. The van der Waals surface area contributed by atoms with Crippen LogP contribution in [0.2, 0.25) is 0 Å². The maximum atomic E-state index is 12.9. The predicted octanol–water partition coefficient (Wildman–Crippen LogP) is 2.54. The number of para-hydroxylation sites is 1. The zero-order valence-corrected chi connectivity index (χ0v) is 15.5. The first kappa shape index (κ1) is 17.0. The average Bonchev–Trinajstić information content (AvgIpc) is 3.24. The summed E-state index contributed by atoms with van der Waals surface area (Å²) in [6, 6.07) is 10.2. The summed E-state index contributed by atoms with van der Waals surface area (Å²) >= 11 is 1.36. The van der Waals surface area contributed by atoms with Crippen molar-refractivity contribution in [3.63, 3.8) is 0 Å². The van der Waals surface area contributed by atoms with Crippen LogP contribution in [-0.2, 0) is 16.0 Å². The fourth-order valence-corrected chi connectivity index (χ4v) is 4.46. The molecule has 0 aliphatic carbocycles. The Bertz CT molecular complexity index is 867. The molecule has 0 N–H and O–H groups in total. The first-order valence-corrected chi connectivity index (χ1v) is 9.61. The summed E-state index contributed by atoms with van der Waals surface area (Å²) in [5, 5.41) is 10.3. The molecule has 4 rings (SSSR count). The average molecular weight is 368 g/mol. The number of rotatable bonds is 3. The smallest absolute Gasteiger partial charge is 0.233 e. The van der Waals surface area contributed by atoms with Gasteiger partial charge in [0.2, 0.25) is 5.91 Å². The van der Waals surface area contributed by atoms with E-state index in [9.17, 15) is 10.1 Å². The number of nitriles is 1. The van der Waals surface area contributed by atoms with E-state index in [1.54, 1.807) is 0 Å². The third kappa shape index (κ3) is 3.06.